The molecule has 1 heterocycles. The molecule has 3 aromatic rings. The molecule has 0 fully saturated rings. The van der Waals surface area contributed by atoms with E-state index in [1.165, 1.54) is 11.8 Å². The van der Waals surface area contributed by atoms with Gasteiger partial charge in [-0.15, -0.1) is 10.2 Å². The molecule has 0 radical (unpaired) electrons. The van der Waals surface area contributed by atoms with Gasteiger partial charge in [-0.3, -0.25) is 4.57 Å². The molecule has 5 nitrogen and oxygen atoms in total. The maximum atomic E-state index is 9.15. The zero-order valence-electron chi connectivity index (χ0n) is 14.0. The van der Waals surface area contributed by atoms with Crippen molar-refractivity contribution in [1.29, 1.82) is 5.26 Å². The Morgan fingerprint density at radius 3 is 2.58 bits per heavy atom. The molecular weight excluding hydrogens is 436 g/mol. The molecule has 0 bridgehead atoms. The summed E-state index contributed by atoms with van der Waals surface area (Å²) in [6, 6.07) is 15.5. The molecule has 1 atom stereocenters. The summed E-state index contributed by atoms with van der Waals surface area (Å²) < 4.78 is 8.11. The summed E-state index contributed by atoms with van der Waals surface area (Å²) in [5, 5.41) is 18.6. The highest BCUT2D eigenvalue weighted by Gasteiger charge is 2.19. The van der Waals surface area contributed by atoms with Crippen LogP contribution >= 0.6 is 39.3 Å². The summed E-state index contributed by atoms with van der Waals surface area (Å²) in [5.74, 6) is 1.26. The number of ether oxygens (including phenoxy) is 1. The molecule has 0 N–H and O–H groups in total. The summed E-state index contributed by atoms with van der Waals surface area (Å²) in [7, 11) is 1.57. The van der Waals surface area contributed by atoms with Crippen molar-refractivity contribution in [3.63, 3.8) is 0 Å². The topological polar surface area (TPSA) is 63.7 Å². The molecule has 26 heavy (non-hydrogen) atoms. The molecule has 0 amide bonds. The van der Waals surface area contributed by atoms with E-state index in [9.17, 15) is 0 Å². The van der Waals surface area contributed by atoms with Gasteiger partial charge < -0.3 is 4.74 Å². The number of nitrogens with zero attached hydrogens (tertiary/aromatic N) is 4. The fourth-order valence-corrected chi connectivity index (χ4v) is 3.61. The van der Waals surface area contributed by atoms with E-state index in [0.29, 0.717) is 21.8 Å². The number of nitriles is 1. The summed E-state index contributed by atoms with van der Waals surface area (Å²) in [5.41, 5.74) is 1.70. The molecule has 0 aliphatic carbocycles. The Kier molecular flexibility index (Phi) is 5.87. The average Bonchev–Trinajstić information content (AvgIpc) is 3.05. The van der Waals surface area contributed by atoms with Crippen molar-refractivity contribution < 1.29 is 4.74 Å². The van der Waals surface area contributed by atoms with Gasteiger partial charge in [-0.2, -0.15) is 5.26 Å². The highest BCUT2D eigenvalue weighted by molar-refractivity contribution is 9.10. The third-order valence-electron chi connectivity index (χ3n) is 3.59. The summed E-state index contributed by atoms with van der Waals surface area (Å²) >= 11 is 11.1. The number of aromatic nitrogens is 3. The largest absolute Gasteiger partial charge is 0.495 e. The molecule has 8 heteroatoms. The van der Waals surface area contributed by atoms with Crippen LogP contribution in [0, 0.1) is 11.3 Å². The molecule has 3 rings (SSSR count). The minimum absolute atomic E-state index is 0.260. The van der Waals surface area contributed by atoms with Gasteiger partial charge in [0.2, 0.25) is 0 Å². The maximum Gasteiger partial charge on any atom is 0.197 e. The fourth-order valence-electron chi connectivity index (χ4n) is 2.34. The van der Waals surface area contributed by atoms with Crippen LogP contribution in [-0.4, -0.2) is 27.1 Å². The predicted molar refractivity (Wildman–Crippen MR) is 107 cm³/mol. The van der Waals surface area contributed by atoms with Gasteiger partial charge in [0, 0.05) is 10.0 Å². The smallest absolute Gasteiger partial charge is 0.197 e. The summed E-state index contributed by atoms with van der Waals surface area (Å²) in [6.45, 7) is 1.82. The lowest BCUT2D eigenvalue weighted by Crippen LogP contribution is -2.02. The van der Waals surface area contributed by atoms with Crippen molar-refractivity contribution in [2.45, 2.75) is 17.3 Å². The van der Waals surface area contributed by atoms with Gasteiger partial charge in [0.1, 0.15) is 5.75 Å². The zero-order valence-corrected chi connectivity index (χ0v) is 17.1. The monoisotopic (exact) mass is 448 g/mol. The van der Waals surface area contributed by atoms with Crippen molar-refractivity contribution in [2.24, 2.45) is 0 Å². The first-order valence-corrected chi connectivity index (χ1v) is 9.70. The van der Waals surface area contributed by atoms with Gasteiger partial charge in [0.25, 0.3) is 0 Å². The van der Waals surface area contributed by atoms with E-state index in [0.717, 1.165) is 15.7 Å². The van der Waals surface area contributed by atoms with E-state index in [2.05, 4.69) is 32.2 Å². The summed E-state index contributed by atoms with van der Waals surface area (Å²) in [4.78, 5) is 0. The van der Waals surface area contributed by atoms with Gasteiger partial charge in [-0.1, -0.05) is 51.4 Å². The number of hydrogen-bond acceptors (Lipinski definition) is 5. The first-order chi connectivity index (χ1) is 12.5. The predicted octanol–water partition coefficient (Wildman–Crippen LogP) is 5.36. The number of thioether (sulfide) groups is 1. The Hall–Kier alpha value is -2.01. The van der Waals surface area contributed by atoms with Crippen LogP contribution in [0.15, 0.2) is 52.1 Å². The van der Waals surface area contributed by atoms with Gasteiger partial charge in [-0.25, -0.2) is 0 Å². The minimum Gasteiger partial charge on any atom is -0.495 e. The van der Waals surface area contributed by atoms with Gasteiger partial charge >= 0.3 is 0 Å². The van der Waals surface area contributed by atoms with E-state index in [-0.39, 0.29) is 5.25 Å². The van der Waals surface area contributed by atoms with E-state index < -0.39 is 0 Å². The van der Waals surface area contributed by atoms with Crippen LogP contribution in [0.2, 0.25) is 5.02 Å². The molecular formula is C18H14BrClN4OS. The molecule has 0 spiro atoms. The molecule has 0 aliphatic rings. The third kappa shape index (κ3) is 3.88. The van der Waals surface area contributed by atoms with Crippen LogP contribution in [0.1, 0.15) is 6.92 Å². The van der Waals surface area contributed by atoms with Crippen LogP contribution in [0.25, 0.3) is 17.1 Å². The second-order valence-electron chi connectivity index (χ2n) is 5.36. The minimum atomic E-state index is -0.260. The molecule has 0 saturated heterocycles. The Morgan fingerprint density at radius 2 is 1.96 bits per heavy atom. The first kappa shape index (κ1) is 18.8. The maximum absolute atomic E-state index is 9.15. The van der Waals surface area contributed by atoms with Crippen LogP contribution in [0.5, 0.6) is 5.75 Å². The quantitative estimate of drug-likeness (QED) is 0.490. The van der Waals surface area contributed by atoms with Crippen molar-refractivity contribution >= 4 is 39.3 Å². The lowest BCUT2D eigenvalue weighted by atomic mass is 10.2. The molecule has 0 aliphatic heterocycles. The Morgan fingerprint density at radius 1 is 1.23 bits per heavy atom. The summed E-state index contributed by atoms with van der Waals surface area (Å²) in [6.07, 6.45) is 0. The molecule has 132 valence electrons. The molecule has 2 aromatic carbocycles. The zero-order chi connectivity index (χ0) is 18.7. The SMILES string of the molecule is COc1ccc(-n2c(SC(C)C#N)nnc2-c2ccc(Br)cc2)cc1Cl. The number of halogens is 2. The van der Waals surface area contributed by atoms with Crippen LogP contribution in [0.4, 0.5) is 0 Å². The van der Waals surface area contributed by atoms with Crippen LogP contribution < -0.4 is 4.74 Å². The third-order valence-corrected chi connectivity index (χ3v) is 5.35. The average molecular weight is 450 g/mol. The second-order valence-corrected chi connectivity index (χ2v) is 7.99. The number of rotatable bonds is 5. The standard InChI is InChI=1S/C18H14BrClN4OS/c1-11(10-21)26-18-23-22-17(12-3-5-13(19)6-4-12)24(18)14-7-8-16(25-2)15(20)9-14/h3-9,11H,1-2H3. The first-order valence-electron chi connectivity index (χ1n) is 7.65. The Labute approximate surface area is 169 Å². The highest BCUT2D eigenvalue weighted by atomic mass is 79.9. The Balaban J connectivity index is 2.16. The Bertz CT molecular complexity index is 968. The van der Waals surface area contributed by atoms with Crippen molar-refractivity contribution in [3.8, 4) is 28.9 Å². The van der Waals surface area contributed by atoms with Gasteiger partial charge in [0.15, 0.2) is 11.0 Å². The lowest BCUT2D eigenvalue weighted by molar-refractivity contribution is 0.415. The van der Waals surface area contributed by atoms with Crippen molar-refractivity contribution in [3.05, 3.63) is 52.0 Å². The number of hydrogen-bond donors (Lipinski definition) is 0. The van der Waals surface area contributed by atoms with Crippen molar-refractivity contribution in [1.82, 2.24) is 14.8 Å². The number of benzene rings is 2. The van der Waals surface area contributed by atoms with Gasteiger partial charge in [0.05, 0.1) is 29.1 Å². The highest BCUT2D eigenvalue weighted by Crippen LogP contribution is 2.33. The second kappa shape index (κ2) is 8.12. The van der Waals surface area contributed by atoms with Gasteiger partial charge in [-0.05, 0) is 37.3 Å². The van der Waals surface area contributed by atoms with Crippen LogP contribution in [-0.2, 0) is 0 Å². The van der Waals surface area contributed by atoms with E-state index in [1.807, 2.05) is 41.8 Å². The number of methoxy groups -OCH3 is 1. The molecule has 0 saturated carbocycles. The molecule has 1 aromatic heterocycles. The van der Waals surface area contributed by atoms with E-state index in [4.69, 9.17) is 21.6 Å². The lowest BCUT2D eigenvalue weighted by Gasteiger charge is -2.12. The molecule has 1 unspecified atom stereocenters. The van der Waals surface area contributed by atoms with Crippen LogP contribution in [0.3, 0.4) is 0 Å². The van der Waals surface area contributed by atoms with Crippen molar-refractivity contribution in [2.75, 3.05) is 7.11 Å². The van der Waals surface area contributed by atoms with E-state index in [1.54, 1.807) is 19.2 Å². The van der Waals surface area contributed by atoms with E-state index >= 15 is 0 Å². The fraction of sp³-hybridized carbons (Fsp3) is 0.167. The normalized spacial score (nSPS) is 11.8.